The van der Waals surface area contributed by atoms with Crippen LogP contribution in [0.2, 0.25) is 0 Å². The van der Waals surface area contributed by atoms with Crippen molar-refractivity contribution in [2.45, 2.75) is 38.9 Å². The molecule has 2 amide bonds. The van der Waals surface area contributed by atoms with Crippen molar-refractivity contribution in [1.29, 1.82) is 0 Å². The fraction of sp³-hybridized carbons (Fsp3) is 0.529. The number of halogens is 1. The van der Waals surface area contributed by atoms with Crippen molar-refractivity contribution in [1.82, 2.24) is 5.32 Å². The van der Waals surface area contributed by atoms with Crippen LogP contribution >= 0.6 is 0 Å². The third-order valence-corrected chi connectivity index (χ3v) is 3.62. The summed E-state index contributed by atoms with van der Waals surface area (Å²) in [6.45, 7) is 5.34. The van der Waals surface area contributed by atoms with Crippen molar-refractivity contribution in [2.75, 3.05) is 30.4 Å². The lowest BCUT2D eigenvalue weighted by molar-refractivity contribution is -0.117. The molecule has 8 heteroatoms. The standard InChI is InChI=1S/C17H24FN3O4/c1-17(2,3)25-16(24)20-9-12(22)8-19-11-5-10-6-14(23)21(4)15(10)13(18)7-11/h5,7,12,19,22H,6,8-9H2,1-4H3,(H,20,24)/t12-/m0/s1. The van der Waals surface area contributed by atoms with E-state index in [4.69, 9.17) is 4.74 Å². The minimum Gasteiger partial charge on any atom is -0.444 e. The van der Waals surface area contributed by atoms with Crippen molar-refractivity contribution in [3.63, 3.8) is 0 Å². The highest BCUT2D eigenvalue weighted by molar-refractivity contribution is 6.01. The largest absolute Gasteiger partial charge is 0.444 e. The van der Waals surface area contributed by atoms with E-state index in [1.807, 2.05) is 0 Å². The summed E-state index contributed by atoms with van der Waals surface area (Å²) in [5, 5.41) is 15.3. The number of nitrogens with zero attached hydrogens (tertiary/aromatic N) is 1. The Kier molecular flexibility index (Phi) is 5.52. The van der Waals surface area contributed by atoms with Gasteiger partial charge in [0.05, 0.1) is 18.2 Å². The van der Waals surface area contributed by atoms with Crippen molar-refractivity contribution in [3.05, 3.63) is 23.5 Å². The molecule has 0 radical (unpaired) electrons. The summed E-state index contributed by atoms with van der Waals surface area (Å²) in [5.74, 6) is -0.651. The molecule has 0 bridgehead atoms. The molecule has 1 atom stereocenters. The summed E-state index contributed by atoms with van der Waals surface area (Å²) in [6, 6.07) is 2.97. The number of hydrogen-bond acceptors (Lipinski definition) is 5. The van der Waals surface area contributed by atoms with Gasteiger partial charge in [0.2, 0.25) is 5.91 Å². The summed E-state index contributed by atoms with van der Waals surface area (Å²) in [7, 11) is 1.54. The first-order valence-corrected chi connectivity index (χ1v) is 8.04. The van der Waals surface area contributed by atoms with E-state index in [0.717, 1.165) is 0 Å². The van der Waals surface area contributed by atoms with Crippen LogP contribution in [0.25, 0.3) is 0 Å². The molecule has 0 spiro atoms. The highest BCUT2D eigenvalue weighted by Gasteiger charge is 2.27. The molecule has 0 fully saturated rings. The Balaban J connectivity index is 1.86. The van der Waals surface area contributed by atoms with E-state index >= 15 is 0 Å². The fourth-order valence-electron chi connectivity index (χ4n) is 2.50. The number of aliphatic hydroxyl groups excluding tert-OH is 1. The van der Waals surface area contributed by atoms with Gasteiger partial charge in [0, 0.05) is 25.8 Å². The number of ether oxygens (including phenoxy) is 1. The maximum absolute atomic E-state index is 14.1. The van der Waals surface area contributed by atoms with Gasteiger partial charge in [0.15, 0.2) is 0 Å². The molecule has 1 aromatic carbocycles. The molecule has 0 aromatic heterocycles. The first-order valence-electron chi connectivity index (χ1n) is 8.04. The molecular formula is C17H24FN3O4. The van der Waals surface area contributed by atoms with E-state index in [1.54, 1.807) is 26.8 Å². The number of fused-ring (bicyclic) bond motifs is 1. The van der Waals surface area contributed by atoms with Gasteiger partial charge in [-0.1, -0.05) is 0 Å². The van der Waals surface area contributed by atoms with Crippen LogP contribution in [0.5, 0.6) is 0 Å². The Morgan fingerprint density at radius 3 is 2.72 bits per heavy atom. The maximum atomic E-state index is 14.1. The second-order valence-corrected chi connectivity index (χ2v) is 7.01. The van der Waals surface area contributed by atoms with Gasteiger partial charge in [-0.05, 0) is 38.5 Å². The van der Waals surface area contributed by atoms with E-state index < -0.39 is 23.6 Å². The number of nitrogens with one attached hydrogen (secondary N) is 2. The van der Waals surface area contributed by atoms with Crippen LogP contribution < -0.4 is 15.5 Å². The highest BCUT2D eigenvalue weighted by Crippen LogP contribution is 2.33. The van der Waals surface area contributed by atoms with E-state index in [-0.39, 0.29) is 25.4 Å². The lowest BCUT2D eigenvalue weighted by Gasteiger charge is -2.21. The third kappa shape index (κ3) is 5.06. The number of amides is 2. The normalized spacial score (nSPS) is 15.0. The quantitative estimate of drug-likeness (QED) is 0.749. The molecule has 0 saturated heterocycles. The van der Waals surface area contributed by atoms with Gasteiger partial charge < -0.3 is 25.4 Å². The van der Waals surface area contributed by atoms with Gasteiger partial charge >= 0.3 is 6.09 Å². The topological polar surface area (TPSA) is 90.9 Å². The second-order valence-electron chi connectivity index (χ2n) is 7.01. The summed E-state index contributed by atoms with van der Waals surface area (Å²) < 4.78 is 19.2. The van der Waals surface area contributed by atoms with Crippen LogP contribution in [-0.4, -0.2) is 48.9 Å². The zero-order valence-electron chi connectivity index (χ0n) is 14.9. The van der Waals surface area contributed by atoms with Crippen molar-refractivity contribution < 1.29 is 23.8 Å². The molecule has 3 N–H and O–H groups in total. The van der Waals surface area contributed by atoms with E-state index in [1.165, 1.54) is 18.0 Å². The summed E-state index contributed by atoms with van der Waals surface area (Å²) in [5.41, 5.74) is 0.759. The predicted octanol–water partition coefficient (Wildman–Crippen LogP) is 1.64. The number of alkyl carbamates (subject to hydrolysis) is 1. The van der Waals surface area contributed by atoms with Crippen LogP contribution in [0.4, 0.5) is 20.6 Å². The van der Waals surface area contributed by atoms with Crippen molar-refractivity contribution in [2.24, 2.45) is 0 Å². The molecule has 25 heavy (non-hydrogen) atoms. The molecular weight excluding hydrogens is 329 g/mol. The molecule has 0 saturated carbocycles. The van der Waals surface area contributed by atoms with Crippen LogP contribution in [0.3, 0.4) is 0 Å². The Morgan fingerprint density at radius 1 is 1.40 bits per heavy atom. The Labute approximate surface area is 146 Å². The molecule has 1 aliphatic heterocycles. The number of anilines is 2. The average Bonchev–Trinajstić information content (AvgIpc) is 2.76. The minimum atomic E-state index is -0.881. The van der Waals surface area contributed by atoms with Crippen LogP contribution in [0.15, 0.2) is 12.1 Å². The molecule has 138 valence electrons. The van der Waals surface area contributed by atoms with Gasteiger partial charge in [0.1, 0.15) is 11.4 Å². The number of carbonyl (C=O) groups excluding carboxylic acids is 2. The number of likely N-dealkylation sites (N-methyl/N-ethyl adjacent to an activating group) is 1. The number of aliphatic hydroxyl groups is 1. The van der Waals surface area contributed by atoms with Gasteiger partial charge in [-0.2, -0.15) is 0 Å². The molecule has 1 aromatic rings. The highest BCUT2D eigenvalue weighted by atomic mass is 19.1. The molecule has 0 unspecified atom stereocenters. The number of rotatable bonds is 5. The second kappa shape index (κ2) is 7.26. The lowest BCUT2D eigenvalue weighted by Crippen LogP contribution is -2.39. The first-order chi connectivity index (χ1) is 11.6. The lowest BCUT2D eigenvalue weighted by atomic mass is 10.1. The monoisotopic (exact) mass is 353 g/mol. The number of carbonyl (C=O) groups is 2. The first kappa shape index (κ1) is 19.0. The average molecular weight is 353 g/mol. The SMILES string of the molecule is CN1C(=O)Cc2cc(NC[C@H](O)CNC(=O)OC(C)(C)C)cc(F)c21. The van der Waals surface area contributed by atoms with E-state index in [9.17, 15) is 19.1 Å². The van der Waals surface area contributed by atoms with Crippen LogP contribution in [0.1, 0.15) is 26.3 Å². The number of hydrogen-bond donors (Lipinski definition) is 3. The Hall–Kier alpha value is -2.35. The molecule has 1 aliphatic rings. The summed E-state index contributed by atoms with van der Waals surface area (Å²) in [6.07, 6.45) is -1.34. The smallest absolute Gasteiger partial charge is 0.407 e. The predicted molar refractivity (Wildman–Crippen MR) is 92.2 cm³/mol. The molecule has 7 nitrogen and oxygen atoms in total. The van der Waals surface area contributed by atoms with Gasteiger partial charge in [-0.3, -0.25) is 4.79 Å². The third-order valence-electron chi connectivity index (χ3n) is 3.62. The van der Waals surface area contributed by atoms with Crippen molar-refractivity contribution >= 4 is 23.4 Å². The zero-order chi connectivity index (χ0) is 18.8. The minimum absolute atomic E-state index is 0.00341. The Morgan fingerprint density at radius 2 is 2.08 bits per heavy atom. The van der Waals surface area contributed by atoms with Gasteiger partial charge in [-0.25, -0.2) is 9.18 Å². The Bertz CT molecular complexity index is 673. The number of benzene rings is 1. The molecule has 2 rings (SSSR count). The molecule has 0 aliphatic carbocycles. The van der Waals surface area contributed by atoms with E-state index in [0.29, 0.717) is 16.9 Å². The fourth-order valence-corrected chi connectivity index (χ4v) is 2.50. The van der Waals surface area contributed by atoms with Crippen LogP contribution in [0, 0.1) is 5.82 Å². The van der Waals surface area contributed by atoms with Crippen LogP contribution in [-0.2, 0) is 16.0 Å². The summed E-state index contributed by atoms with van der Waals surface area (Å²) in [4.78, 5) is 24.5. The van der Waals surface area contributed by atoms with Gasteiger partial charge in [0.25, 0.3) is 0 Å². The van der Waals surface area contributed by atoms with Crippen molar-refractivity contribution in [3.8, 4) is 0 Å². The van der Waals surface area contributed by atoms with Gasteiger partial charge in [-0.15, -0.1) is 0 Å². The summed E-state index contributed by atoms with van der Waals surface area (Å²) >= 11 is 0. The maximum Gasteiger partial charge on any atom is 0.407 e. The van der Waals surface area contributed by atoms with E-state index in [2.05, 4.69) is 10.6 Å². The zero-order valence-corrected chi connectivity index (χ0v) is 14.9. The molecule has 1 heterocycles.